The van der Waals surface area contributed by atoms with E-state index in [4.69, 9.17) is 0 Å². The van der Waals surface area contributed by atoms with Crippen LogP contribution in [0.2, 0.25) is 0 Å². The maximum absolute atomic E-state index is 12.6. The number of benzene rings is 1. The van der Waals surface area contributed by atoms with E-state index >= 15 is 0 Å². The van der Waals surface area contributed by atoms with Gasteiger partial charge in [-0.25, -0.2) is 4.98 Å². The lowest BCUT2D eigenvalue weighted by Crippen LogP contribution is -2.35. The summed E-state index contributed by atoms with van der Waals surface area (Å²) in [6.45, 7) is 2.35. The largest absolute Gasteiger partial charge is 0.306 e. The highest BCUT2D eigenvalue weighted by molar-refractivity contribution is 9.10. The van der Waals surface area contributed by atoms with Gasteiger partial charge < -0.3 is 4.98 Å². The summed E-state index contributed by atoms with van der Waals surface area (Å²) >= 11 is 3.46. The van der Waals surface area contributed by atoms with Crippen LogP contribution in [0.15, 0.2) is 58.1 Å². The number of pyridine rings is 1. The first-order valence-electron chi connectivity index (χ1n) is 8.18. The molecular formula is C19H17BrN4O. The summed E-state index contributed by atoms with van der Waals surface area (Å²) in [5.74, 6) is 0.596. The Labute approximate surface area is 153 Å². The van der Waals surface area contributed by atoms with Gasteiger partial charge in [-0.2, -0.15) is 0 Å². The monoisotopic (exact) mass is 396 g/mol. The zero-order valence-corrected chi connectivity index (χ0v) is 15.2. The number of rotatable bonds is 3. The van der Waals surface area contributed by atoms with Crippen molar-refractivity contribution in [2.45, 2.75) is 19.5 Å². The van der Waals surface area contributed by atoms with E-state index in [0.717, 1.165) is 40.8 Å². The summed E-state index contributed by atoms with van der Waals surface area (Å²) in [6.07, 6.45) is 4.20. The first-order valence-corrected chi connectivity index (χ1v) is 8.97. The molecule has 3 aromatic rings. The number of nitrogens with one attached hydrogen (secondary N) is 1. The normalized spacial score (nSPS) is 14.3. The molecule has 1 aliphatic heterocycles. The zero-order valence-electron chi connectivity index (χ0n) is 13.6. The Balaban J connectivity index is 1.57. The highest BCUT2D eigenvalue weighted by atomic mass is 79.9. The van der Waals surface area contributed by atoms with Crippen molar-refractivity contribution in [2.24, 2.45) is 0 Å². The van der Waals surface area contributed by atoms with Crippen molar-refractivity contribution in [3.8, 4) is 11.4 Å². The molecule has 0 unspecified atom stereocenters. The second-order valence-electron chi connectivity index (χ2n) is 6.17. The van der Waals surface area contributed by atoms with E-state index in [1.807, 2.05) is 24.3 Å². The van der Waals surface area contributed by atoms with Crippen LogP contribution in [0, 0.1) is 0 Å². The van der Waals surface area contributed by atoms with Gasteiger partial charge in [-0.05, 0) is 29.8 Å². The average Bonchev–Trinajstić information content (AvgIpc) is 2.65. The number of aromatic nitrogens is 3. The lowest BCUT2D eigenvalue weighted by atomic mass is 10.1. The standard InChI is InChI=1S/C19H17BrN4O/c20-15-5-3-13(4-6-15)11-24-9-7-17-16(12-24)19(25)23-18(22-17)14-2-1-8-21-10-14/h1-6,8,10H,7,9,11-12H2,(H,22,23,25). The molecular weight excluding hydrogens is 380 g/mol. The fraction of sp³-hybridized carbons (Fsp3) is 0.211. The number of halogens is 1. The number of aromatic amines is 1. The van der Waals surface area contributed by atoms with Crippen LogP contribution in [0.5, 0.6) is 0 Å². The highest BCUT2D eigenvalue weighted by Gasteiger charge is 2.21. The quantitative estimate of drug-likeness (QED) is 0.738. The van der Waals surface area contributed by atoms with Gasteiger partial charge in [-0.1, -0.05) is 28.1 Å². The number of nitrogens with zero attached hydrogens (tertiary/aromatic N) is 3. The third-order valence-corrected chi connectivity index (χ3v) is 4.93. The van der Waals surface area contributed by atoms with Crippen molar-refractivity contribution in [3.05, 3.63) is 80.4 Å². The Kier molecular flexibility index (Phi) is 4.46. The minimum Gasteiger partial charge on any atom is -0.306 e. The minimum absolute atomic E-state index is 0.0515. The molecule has 0 radical (unpaired) electrons. The van der Waals surface area contributed by atoms with Gasteiger partial charge in [0.05, 0.1) is 11.3 Å². The van der Waals surface area contributed by atoms with Crippen molar-refractivity contribution >= 4 is 15.9 Å². The Hall–Kier alpha value is -2.31. The second kappa shape index (κ2) is 6.90. The van der Waals surface area contributed by atoms with Gasteiger partial charge in [0.25, 0.3) is 5.56 Å². The molecule has 126 valence electrons. The number of hydrogen-bond acceptors (Lipinski definition) is 4. The Bertz CT molecular complexity index is 938. The van der Waals surface area contributed by atoms with Crippen molar-refractivity contribution < 1.29 is 0 Å². The third-order valence-electron chi connectivity index (χ3n) is 4.40. The van der Waals surface area contributed by atoms with Gasteiger partial charge in [0, 0.05) is 48.5 Å². The molecule has 1 aromatic carbocycles. The molecule has 0 aliphatic carbocycles. The van der Waals surface area contributed by atoms with Crippen LogP contribution < -0.4 is 5.56 Å². The van der Waals surface area contributed by atoms with Gasteiger partial charge in [0.2, 0.25) is 0 Å². The molecule has 0 spiro atoms. The van der Waals surface area contributed by atoms with Crippen molar-refractivity contribution in [1.29, 1.82) is 0 Å². The van der Waals surface area contributed by atoms with E-state index in [1.165, 1.54) is 5.56 Å². The van der Waals surface area contributed by atoms with Crippen LogP contribution in [0.4, 0.5) is 0 Å². The van der Waals surface area contributed by atoms with Gasteiger partial charge in [-0.3, -0.25) is 14.7 Å². The van der Waals surface area contributed by atoms with E-state index in [0.29, 0.717) is 12.4 Å². The number of fused-ring (bicyclic) bond motifs is 1. The summed E-state index contributed by atoms with van der Waals surface area (Å²) < 4.78 is 1.07. The molecule has 1 N–H and O–H groups in total. The number of H-pyrrole nitrogens is 1. The maximum Gasteiger partial charge on any atom is 0.255 e. The van der Waals surface area contributed by atoms with E-state index in [2.05, 4.69) is 47.9 Å². The summed E-state index contributed by atoms with van der Waals surface area (Å²) in [7, 11) is 0. The van der Waals surface area contributed by atoms with Gasteiger partial charge in [0.15, 0.2) is 0 Å². The maximum atomic E-state index is 12.6. The molecule has 0 fully saturated rings. The van der Waals surface area contributed by atoms with Crippen LogP contribution in [0.1, 0.15) is 16.8 Å². The van der Waals surface area contributed by atoms with E-state index in [-0.39, 0.29) is 5.56 Å². The van der Waals surface area contributed by atoms with E-state index in [1.54, 1.807) is 12.4 Å². The van der Waals surface area contributed by atoms with Crippen LogP contribution in [-0.4, -0.2) is 26.4 Å². The average molecular weight is 397 g/mol. The first-order chi connectivity index (χ1) is 12.2. The van der Waals surface area contributed by atoms with Crippen LogP contribution in [0.3, 0.4) is 0 Å². The van der Waals surface area contributed by atoms with E-state index in [9.17, 15) is 4.79 Å². The van der Waals surface area contributed by atoms with Crippen LogP contribution in [-0.2, 0) is 19.5 Å². The molecule has 0 saturated heterocycles. The molecule has 0 atom stereocenters. The van der Waals surface area contributed by atoms with E-state index < -0.39 is 0 Å². The van der Waals surface area contributed by atoms with Crippen LogP contribution in [0.25, 0.3) is 11.4 Å². The van der Waals surface area contributed by atoms with Gasteiger partial charge in [0.1, 0.15) is 5.82 Å². The van der Waals surface area contributed by atoms with Gasteiger partial charge >= 0.3 is 0 Å². The molecule has 0 amide bonds. The lowest BCUT2D eigenvalue weighted by Gasteiger charge is -2.27. The zero-order chi connectivity index (χ0) is 17.2. The predicted octanol–water partition coefficient (Wildman–Crippen LogP) is 3.15. The first kappa shape index (κ1) is 16.2. The lowest BCUT2D eigenvalue weighted by molar-refractivity contribution is 0.242. The predicted molar refractivity (Wildman–Crippen MR) is 100 cm³/mol. The fourth-order valence-electron chi connectivity index (χ4n) is 3.10. The molecule has 0 bridgehead atoms. The molecule has 25 heavy (non-hydrogen) atoms. The molecule has 5 nitrogen and oxygen atoms in total. The smallest absolute Gasteiger partial charge is 0.255 e. The summed E-state index contributed by atoms with van der Waals surface area (Å²) in [4.78, 5) is 26.5. The van der Waals surface area contributed by atoms with Crippen molar-refractivity contribution in [3.63, 3.8) is 0 Å². The minimum atomic E-state index is -0.0515. The molecule has 2 aromatic heterocycles. The fourth-order valence-corrected chi connectivity index (χ4v) is 3.37. The van der Waals surface area contributed by atoms with Gasteiger partial charge in [-0.15, -0.1) is 0 Å². The summed E-state index contributed by atoms with van der Waals surface area (Å²) in [6, 6.07) is 12.0. The van der Waals surface area contributed by atoms with Crippen LogP contribution >= 0.6 is 15.9 Å². The summed E-state index contributed by atoms with van der Waals surface area (Å²) in [5, 5.41) is 0. The SMILES string of the molecule is O=c1[nH]c(-c2cccnc2)nc2c1CN(Cc1ccc(Br)cc1)CC2. The Morgan fingerprint density at radius 3 is 2.80 bits per heavy atom. The van der Waals surface area contributed by atoms with Crippen molar-refractivity contribution in [2.75, 3.05) is 6.54 Å². The molecule has 3 heterocycles. The second-order valence-corrected chi connectivity index (χ2v) is 7.08. The summed E-state index contributed by atoms with van der Waals surface area (Å²) in [5.41, 5.74) is 3.69. The number of hydrogen-bond donors (Lipinski definition) is 1. The van der Waals surface area contributed by atoms with Crippen molar-refractivity contribution in [1.82, 2.24) is 19.9 Å². The Morgan fingerprint density at radius 2 is 2.04 bits per heavy atom. The Morgan fingerprint density at radius 1 is 1.20 bits per heavy atom. The topological polar surface area (TPSA) is 61.9 Å². The molecule has 1 aliphatic rings. The molecule has 0 saturated carbocycles. The molecule has 6 heteroatoms. The third kappa shape index (κ3) is 3.55. The highest BCUT2D eigenvalue weighted by Crippen LogP contribution is 2.20. The molecule has 4 rings (SSSR count).